The number of carbonyl (C=O) groups is 1. The highest BCUT2D eigenvalue weighted by Crippen LogP contribution is 2.33. The van der Waals surface area contributed by atoms with Crippen LogP contribution in [0, 0.1) is 11.8 Å². The zero-order chi connectivity index (χ0) is 21.8. The topological polar surface area (TPSA) is 77.5 Å². The Hall–Kier alpha value is -1.35. The van der Waals surface area contributed by atoms with E-state index in [0.29, 0.717) is 50.9 Å². The second kappa shape index (κ2) is 10.5. The molecule has 1 amide bonds. The number of hydrazine groups is 1. The maximum Gasteiger partial charge on any atom is 0.229 e. The van der Waals surface area contributed by atoms with Crippen LogP contribution in [0.5, 0.6) is 0 Å². The van der Waals surface area contributed by atoms with E-state index >= 15 is 0 Å². The molecule has 4 atom stereocenters. The molecule has 4 aliphatic rings. The Morgan fingerprint density at radius 3 is 2.16 bits per heavy atom. The van der Waals surface area contributed by atoms with Crippen LogP contribution in [-0.4, -0.2) is 48.6 Å². The quantitative estimate of drug-likeness (QED) is 0.398. The number of aliphatic imine (C=N–C) groups is 1. The standard InChI is InChI=1S/C22H36F3N5O/c23-15-7-5-13(6-8-15)21(31)28-22(26-18-3-1-2-4-18)27-20-12-19(29-30-20)14-9-16(24)11-17(25)10-14/h13-20,29-30H,1-12H2,(H2,26,27,28,31). The normalized spacial score (nSPS) is 40.1. The number of carbonyl (C=O) groups excluding carboxylic acids is 1. The van der Waals surface area contributed by atoms with Crippen LogP contribution in [-0.2, 0) is 4.79 Å². The van der Waals surface area contributed by atoms with E-state index in [1.165, 1.54) is 0 Å². The van der Waals surface area contributed by atoms with Crippen molar-refractivity contribution in [2.75, 3.05) is 0 Å². The first-order valence-electron chi connectivity index (χ1n) is 12.0. The lowest BCUT2D eigenvalue weighted by atomic mass is 9.81. The zero-order valence-electron chi connectivity index (χ0n) is 18.1. The van der Waals surface area contributed by atoms with Crippen LogP contribution < -0.4 is 21.5 Å². The first kappa shape index (κ1) is 22.8. The maximum atomic E-state index is 13.8. The Labute approximate surface area is 182 Å². The molecular weight excluding hydrogens is 407 g/mol. The van der Waals surface area contributed by atoms with E-state index in [4.69, 9.17) is 4.99 Å². The van der Waals surface area contributed by atoms with Gasteiger partial charge in [-0.05, 0) is 57.3 Å². The van der Waals surface area contributed by atoms with E-state index in [0.717, 1.165) is 25.7 Å². The third-order valence-corrected chi connectivity index (χ3v) is 7.36. The summed E-state index contributed by atoms with van der Waals surface area (Å²) in [6.07, 6.45) is 4.48. The lowest BCUT2D eigenvalue weighted by Crippen LogP contribution is -2.48. The number of alkyl halides is 3. The fraction of sp³-hybridized carbons (Fsp3) is 0.909. The fourth-order valence-electron chi connectivity index (χ4n) is 5.57. The molecule has 0 radical (unpaired) electrons. The number of guanidine groups is 1. The predicted molar refractivity (Wildman–Crippen MR) is 113 cm³/mol. The number of rotatable bonds is 4. The molecule has 4 fully saturated rings. The average molecular weight is 444 g/mol. The van der Waals surface area contributed by atoms with Crippen molar-refractivity contribution in [3.8, 4) is 0 Å². The predicted octanol–water partition coefficient (Wildman–Crippen LogP) is 3.19. The van der Waals surface area contributed by atoms with Crippen LogP contribution in [0.2, 0.25) is 0 Å². The molecule has 4 unspecified atom stereocenters. The first-order valence-corrected chi connectivity index (χ1v) is 12.0. The summed E-state index contributed by atoms with van der Waals surface area (Å²) in [5, 5.41) is 6.34. The van der Waals surface area contributed by atoms with Gasteiger partial charge in [-0.25, -0.2) is 23.6 Å². The van der Waals surface area contributed by atoms with Crippen LogP contribution in [0.15, 0.2) is 4.99 Å². The van der Waals surface area contributed by atoms with E-state index in [1.54, 1.807) is 0 Å². The molecule has 0 spiro atoms. The zero-order valence-corrected chi connectivity index (χ0v) is 18.1. The molecule has 9 heteroatoms. The summed E-state index contributed by atoms with van der Waals surface area (Å²) in [6, 6.07) is 0.234. The molecule has 4 rings (SSSR count). The molecule has 31 heavy (non-hydrogen) atoms. The molecule has 176 valence electrons. The summed E-state index contributed by atoms with van der Waals surface area (Å²) in [5.74, 6) is 0.0967. The third-order valence-electron chi connectivity index (χ3n) is 7.36. The largest absolute Gasteiger partial charge is 0.353 e. The van der Waals surface area contributed by atoms with Gasteiger partial charge in [-0.1, -0.05) is 12.8 Å². The monoisotopic (exact) mass is 443 g/mol. The third kappa shape index (κ3) is 6.34. The number of hydrogen-bond acceptors (Lipinski definition) is 4. The van der Waals surface area contributed by atoms with Gasteiger partial charge < -0.3 is 5.32 Å². The van der Waals surface area contributed by atoms with E-state index in [1.807, 2.05) is 0 Å². The molecule has 0 bridgehead atoms. The van der Waals surface area contributed by atoms with Crippen molar-refractivity contribution >= 4 is 11.9 Å². The van der Waals surface area contributed by atoms with Crippen molar-refractivity contribution in [3.63, 3.8) is 0 Å². The van der Waals surface area contributed by atoms with Crippen LogP contribution in [0.4, 0.5) is 13.2 Å². The summed E-state index contributed by atoms with van der Waals surface area (Å²) in [6.45, 7) is 0. The molecule has 1 heterocycles. The Balaban J connectivity index is 1.37. The van der Waals surface area contributed by atoms with Gasteiger partial charge in [0, 0.05) is 30.8 Å². The van der Waals surface area contributed by atoms with Gasteiger partial charge in [-0.15, -0.1) is 0 Å². The minimum Gasteiger partial charge on any atom is -0.353 e. The number of hydrogen-bond donors (Lipinski definition) is 4. The first-order chi connectivity index (χ1) is 15.0. The van der Waals surface area contributed by atoms with Crippen LogP contribution >= 0.6 is 0 Å². The number of amides is 1. The maximum absolute atomic E-state index is 13.8. The summed E-state index contributed by atoms with van der Waals surface area (Å²) < 4.78 is 41.1. The van der Waals surface area contributed by atoms with Gasteiger partial charge in [-0.2, -0.15) is 0 Å². The Kier molecular flexibility index (Phi) is 7.74. The second-order valence-electron chi connectivity index (χ2n) is 9.85. The SMILES string of the molecule is O=C(N/C(=N\C1CC(C2CC(F)CC(F)C2)NN1)NC1CCCC1)C1CCC(F)CC1. The van der Waals surface area contributed by atoms with Gasteiger partial charge >= 0.3 is 0 Å². The van der Waals surface area contributed by atoms with E-state index in [9.17, 15) is 18.0 Å². The van der Waals surface area contributed by atoms with Crippen molar-refractivity contribution in [1.82, 2.24) is 21.5 Å². The van der Waals surface area contributed by atoms with Gasteiger partial charge in [0.15, 0.2) is 5.96 Å². The van der Waals surface area contributed by atoms with E-state index in [-0.39, 0.29) is 42.4 Å². The van der Waals surface area contributed by atoms with E-state index < -0.39 is 18.5 Å². The van der Waals surface area contributed by atoms with E-state index in [2.05, 4.69) is 21.5 Å². The van der Waals surface area contributed by atoms with Gasteiger partial charge in [-0.3, -0.25) is 15.5 Å². The highest BCUT2D eigenvalue weighted by Gasteiger charge is 2.37. The summed E-state index contributed by atoms with van der Waals surface area (Å²) >= 11 is 0. The van der Waals surface area contributed by atoms with Crippen molar-refractivity contribution in [2.24, 2.45) is 16.8 Å². The minimum atomic E-state index is -1.09. The Morgan fingerprint density at radius 1 is 0.806 bits per heavy atom. The van der Waals surface area contributed by atoms with Crippen LogP contribution in [0.1, 0.15) is 77.0 Å². The highest BCUT2D eigenvalue weighted by atomic mass is 19.1. The Morgan fingerprint density at radius 2 is 1.48 bits per heavy atom. The molecule has 0 aromatic rings. The van der Waals surface area contributed by atoms with Gasteiger partial charge in [0.1, 0.15) is 24.7 Å². The number of nitrogens with one attached hydrogen (secondary N) is 4. The van der Waals surface area contributed by atoms with Crippen LogP contribution in [0.3, 0.4) is 0 Å². The molecule has 3 saturated carbocycles. The van der Waals surface area contributed by atoms with Crippen molar-refractivity contribution in [2.45, 2.75) is 114 Å². The van der Waals surface area contributed by atoms with Gasteiger partial charge in [0.2, 0.25) is 5.91 Å². The molecule has 0 aromatic carbocycles. The molecular formula is C22H36F3N5O. The highest BCUT2D eigenvalue weighted by molar-refractivity contribution is 5.98. The Bertz CT molecular complexity index is 627. The van der Waals surface area contributed by atoms with Crippen molar-refractivity contribution in [1.29, 1.82) is 0 Å². The summed E-state index contributed by atoms with van der Waals surface area (Å²) in [7, 11) is 0. The number of nitrogens with zero attached hydrogens (tertiary/aromatic N) is 1. The molecule has 0 aromatic heterocycles. The average Bonchev–Trinajstić information content (AvgIpc) is 3.40. The smallest absolute Gasteiger partial charge is 0.229 e. The fourth-order valence-corrected chi connectivity index (χ4v) is 5.57. The minimum absolute atomic E-state index is 0.00401. The molecule has 1 aliphatic heterocycles. The number of halogens is 3. The summed E-state index contributed by atoms with van der Waals surface area (Å²) in [5.41, 5.74) is 6.29. The van der Waals surface area contributed by atoms with Crippen molar-refractivity contribution < 1.29 is 18.0 Å². The molecule has 3 aliphatic carbocycles. The van der Waals surface area contributed by atoms with Crippen molar-refractivity contribution in [3.05, 3.63) is 0 Å². The van der Waals surface area contributed by atoms with Crippen LogP contribution in [0.25, 0.3) is 0 Å². The second-order valence-corrected chi connectivity index (χ2v) is 9.85. The molecule has 6 nitrogen and oxygen atoms in total. The molecule has 1 saturated heterocycles. The van der Waals surface area contributed by atoms with Gasteiger partial charge in [0.25, 0.3) is 0 Å². The molecule has 4 N–H and O–H groups in total. The summed E-state index contributed by atoms with van der Waals surface area (Å²) in [4.78, 5) is 17.5. The lowest BCUT2D eigenvalue weighted by molar-refractivity contribution is -0.124. The lowest BCUT2D eigenvalue weighted by Gasteiger charge is -2.31. The van der Waals surface area contributed by atoms with Gasteiger partial charge in [0.05, 0.1) is 0 Å².